The second-order valence-corrected chi connectivity index (χ2v) is 9.83. The van der Waals surface area contributed by atoms with Crippen LogP contribution in [0.2, 0.25) is 5.02 Å². The summed E-state index contributed by atoms with van der Waals surface area (Å²) in [5.74, 6) is 1.18. The highest BCUT2D eigenvalue weighted by atomic mass is 79.9. The molecule has 0 aliphatic heterocycles. The van der Waals surface area contributed by atoms with E-state index in [-0.39, 0.29) is 12.2 Å². The topological polar surface area (TPSA) is 68.2 Å². The largest absolute Gasteiger partial charge is 0.486 e. The third kappa shape index (κ3) is 5.99. The van der Waals surface area contributed by atoms with E-state index in [1.165, 1.54) is 0 Å². The molecule has 0 amide bonds. The fourth-order valence-electron chi connectivity index (χ4n) is 3.75. The van der Waals surface area contributed by atoms with Crippen LogP contribution in [0.5, 0.6) is 5.75 Å². The van der Waals surface area contributed by atoms with Crippen LogP contribution >= 0.6 is 39.7 Å². The third-order valence-corrected chi connectivity index (χ3v) is 6.45. The summed E-state index contributed by atoms with van der Waals surface area (Å²) in [5.41, 5.74) is 2.67. The summed E-state index contributed by atoms with van der Waals surface area (Å²) in [5, 5.41) is 7.86. The minimum atomic E-state index is -0.182. The quantitative estimate of drug-likeness (QED) is 0.204. The summed E-state index contributed by atoms with van der Waals surface area (Å²) < 4.78 is 8.33. The van der Waals surface area contributed by atoms with Crippen LogP contribution in [0.1, 0.15) is 5.82 Å². The monoisotopic (exact) mass is 590 g/mol. The molecule has 5 aromatic rings. The van der Waals surface area contributed by atoms with Crippen LogP contribution in [0.3, 0.4) is 0 Å². The van der Waals surface area contributed by atoms with Crippen molar-refractivity contribution < 1.29 is 4.74 Å². The molecule has 0 bridgehead atoms. The SMILES string of the molecule is O=c1c2cc(Br)ccc2nc(COc2ccccc2)n1-c1ccc(NC(=S)Nc2ccc(Cl)cc2)cc1. The molecule has 0 aliphatic rings. The number of aromatic nitrogens is 2. The summed E-state index contributed by atoms with van der Waals surface area (Å²) in [6, 6.07) is 29.5. The number of nitrogens with zero attached hydrogens (tertiary/aromatic N) is 2. The number of ether oxygens (including phenoxy) is 1. The van der Waals surface area contributed by atoms with Gasteiger partial charge in [0.25, 0.3) is 5.56 Å². The number of benzene rings is 4. The number of rotatable bonds is 6. The van der Waals surface area contributed by atoms with Crippen LogP contribution in [-0.4, -0.2) is 14.7 Å². The lowest BCUT2D eigenvalue weighted by molar-refractivity contribution is 0.292. The molecule has 1 heterocycles. The molecule has 4 aromatic carbocycles. The second kappa shape index (κ2) is 11.1. The van der Waals surface area contributed by atoms with Crippen molar-refractivity contribution in [3.63, 3.8) is 0 Å². The molecule has 0 fully saturated rings. The van der Waals surface area contributed by atoms with Crippen molar-refractivity contribution in [2.24, 2.45) is 0 Å². The maximum absolute atomic E-state index is 13.6. The van der Waals surface area contributed by atoms with Crippen LogP contribution < -0.4 is 20.9 Å². The van der Waals surface area contributed by atoms with Gasteiger partial charge in [-0.25, -0.2) is 4.98 Å². The lowest BCUT2D eigenvalue weighted by Gasteiger charge is -2.16. The number of para-hydroxylation sites is 1. The number of fused-ring (bicyclic) bond motifs is 1. The zero-order chi connectivity index (χ0) is 25.8. The zero-order valence-corrected chi connectivity index (χ0v) is 22.5. The first-order chi connectivity index (χ1) is 18.0. The molecule has 37 heavy (non-hydrogen) atoms. The van der Waals surface area contributed by atoms with Gasteiger partial charge in [0.15, 0.2) is 10.9 Å². The number of nitrogens with one attached hydrogen (secondary N) is 2. The Labute approximate surface area is 232 Å². The molecular weight excluding hydrogens is 572 g/mol. The van der Waals surface area contributed by atoms with Crippen molar-refractivity contribution >= 4 is 67.1 Å². The molecule has 0 atom stereocenters. The predicted molar refractivity (Wildman–Crippen MR) is 157 cm³/mol. The molecule has 0 saturated heterocycles. The summed E-state index contributed by atoms with van der Waals surface area (Å²) >= 11 is 14.8. The normalized spacial score (nSPS) is 10.8. The maximum atomic E-state index is 13.6. The highest BCUT2D eigenvalue weighted by molar-refractivity contribution is 9.10. The Balaban J connectivity index is 1.43. The lowest BCUT2D eigenvalue weighted by atomic mass is 10.2. The van der Waals surface area contributed by atoms with E-state index in [0.29, 0.717) is 38.3 Å². The summed E-state index contributed by atoms with van der Waals surface area (Å²) in [7, 11) is 0. The van der Waals surface area contributed by atoms with Crippen molar-refractivity contribution in [3.05, 3.63) is 123 Å². The fourth-order valence-corrected chi connectivity index (χ4v) is 4.47. The standard InChI is InChI=1S/C28H20BrClN4O2S/c29-18-6-15-25-24(16-18)27(35)34(26(33-25)17-36-23-4-2-1-3-5-23)22-13-11-21(12-14-22)32-28(37)31-20-9-7-19(30)8-10-20/h1-16H,17H2,(H2,31,32,37). The molecule has 0 saturated carbocycles. The molecule has 0 unspecified atom stereocenters. The lowest BCUT2D eigenvalue weighted by Crippen LogP contribution is -2.25. The molecule has 2 N–H and O–H groups in total. The van der Waals surface area contributed by atoms with Gasteiger partial charge in [0.1, 0.15) is 12.4 Å². The molecule has 9 heteroatoms. The van der Waals surface area contributed by atoms with Gasteiger partial charge >= 0.3 is 0 Å². The predicted octanol–water partition coefficient (Wildman–Crippen LogP) is 7.19. The number of hydrogen-bond acceptors (Lipinski definition) is 4. The molecule has 0 spiro atoms. The zero-order valence-electron chi connectivity index (χ0n) is 19.3. The third-order valence-electron chi connectivity index (χ3n) is 5.50. The van der Waals surface area contributed by atoms with Crippen molar-refractivity contribution in [1.82, 2.24) is 9.55 Å². The van der Waals surface area contributed by atoms with E-state index in [4.69, 9.17) is 33.5 Å². The van der Waals surface area contributed by atoms with Crippen molar-refractivity contribution in [2.75, 3.05) is 10.6 Å². The van der Waals surface area contributed by atoms with E-state index in [2.05, 4.69) is 26.6 Å². The van der Waals surface area contributed by atoms with Crippen LogP contribution in [0.15, 0.2) is 106 Å². The first-order valence-electron chi connectivity index (χ1n) is 11.3. The van der Waals surface area contributed by atoms with E-state index in [0.717, 1.165) is 15.8 Å². The Bertz CT molecular complexity index is 1630. The summed E-state index contributed by atoms with van der Waals surface area (Å²) in [6.07, 6.45) is 0. The van der Waals surface area contributed by atoms with Crippen molar-refractivity contribution in [3.8, 4) is 11.4 Å². The number of hydrogen-bond donors (Lipinski definition) is 2. The van der Waals surface area contributed by atoms with Gasteiger partial charge in [0.05, 0.1) is 16.6 Å². The Morgan fingerprint density at radius 1 is 0.919 bits per heavy atom. The maximum Gasteiger partial charge on any atom is 0.266 e. The number of halogens is 2. The van der Waals surface area contributed by atoms with Crippen LogP contribution in [0, 0.1) is 0 Å². The molecule has 1 aromatic heterocycles. The van der Waals surface area contributed by atoms with E-state index in [1.807, 2.05) is 78.9 Å². The van der Waals surface area contributed by atoms with Gasteiger partial charge in [-0.1, -0.05) is 45.7 Å². The molecule has 0 radical (unpaired) electrons. The number of anilines is 2. The van der Waals surface area contributed by atoms with E-state index in [1.54, 1.807) is 22.8 Å². The molecule has 0 aliphatic carbocycles. The molecule has 5 rings (SSSR count). The van der Waals surface area contributed by atoms with Gasteiger partial charge in [-0.05, 0) is 91.1 Å². The highest BCUT2D eigenvalue weighted by Gasteiger charge is 2.14. The first-order valence-corrected chi connectivity index (χ1v) is 12.9. The Kier molecular flexibility index (Phi) is 7.50. The highest BCUT2D eigenvalue weighted by Crippen LogP contribution is 2.21. The van der Waals surface area contributed by atoms with Gasteiger partial charge in [-0.15, -0.1) is 0 Å². The van der Waals surface area contributed by atoms with Gasteiger partial charge in [-0.2, -0.15) is 0 Å². The van der Waals surface area contributed by atoms with E-state index < -0.39 is 0 Å². The van der Waals surface area contributed by atoms with Crippen molar-refractivity contribution in [1.29, 1.82) is 0 Å². The Hall–Kier alpha value is -3.72. The molecule has 184 valence electrons. The average molecular weight is 592 g/mol. The van der Waals surface area contributed by atoms with E-state index >= 15 is 0 Å². The minimum Gasteiger partial charge on any atom is -0.486 e. The smallest absolute Gasteiger partial charge is 0.266 e. The second-order valence-electron chi connectivity index (χ2n) is 8.06. The fraction of sp³-hybridized carbons (Fsp3) is 0.0357. The molecular formula is C28H20BrClN4O2S. The van der Waals surface area contributed by atoms with Crippen LogP contribution in [0.4, 0.5) is 11.4 Å². The van der Waals surface area contributed by atoms with Crippen LogP contribution in [0.25, 0.3) is 16.6 Å². The van der Waals surface area contributed by atoms with Gasteiger partial charge in [0.2, 0.25) is 0 Å². The molecule has 6 nitrogen and oxygen atoms in total. The summed E-state index contributed by atoms with van der Waals surface area (Å²) in [4.78, 5) is 18.3. The van der Waals surface area contributed by atoms with Gasteiger partial charge in [0, 0.05) is 20.9 Å². The first kappa shape index (κ1) is 25.0. The Morgan fingerprint density at radius 2 is 1.57 bits per heavy atom. The minimum absolute atomic E-state index is 0.125. The summed E-state index contributed by atoms with van der Waals surface area (Å²) in [6.45, 7) is 0.125. The Morgan fingerprint density at radius 3 is 2.24 bits per heavy atom. The average Bonchev–Trinajstić information content (AvgIpc) is 2.90. The van der Waals surface area contributed by atoms with Gasteiger partial charge in [-0.3, -0.25) is 9.36 Å². The van der Waals surface area contributed by atoms with Crippen molar-refractivity contribution in [2.45, 2.75) is 6.61 Å². The van der Waals surface area contributed by atoms with E-state index in [9.17, 15) is 4.79 Å². The van der Waals surface area contributed by atoms with Gasteiger partial charge < -0.3 is 15.4 Å². The van der Waals surface area contributed by atoms with Crippen LogP contribution in [-0.2, 0) is 6.61 Å². The number of thiocarbonyl (C=S) groups is 1.